The van der Waals surface area contributed by atoms with Crippen LogP contribution in [0, 0.1) is 5.92 Å². The van der Waals surface area contributed by atoms with Gasteiger partial charge >= 0.3 is 0 Å². The van der Waals surface area contributed by atoms with Gasteiger partial charge in [0.1, 0.15) is 9.90 Å². The molecule has 0 spiro atoms. The molecule has 9 heteroatoms. The minimum atomic E-state index is -3.41. The van der Waals surface area contributed by atoms with Crippen molar-refractivity contribution in [1.82, 2.24) is 9.69 Å². The fraction of sp³-hybridized carbons (Fsp3) is 0.667. The number of rotatable bonds is 8. The van der Waals surface area contributed by atoms with Gasteiger partial charge in [0.25, 0.3) is 0 Å². The first kappa shape index (κ1) is 16.0. The Bertz CT molecular complexity index is 608. The van der Waals surface area contributed by atoms with Gasteiger partial charge in [-0.15, -0.1) is 0 Å². The molecule has 0 bridgehead atoms. The third kappa shape index (κ3) is 4.07. The zero-order valence-electron chi connectivity index (χ0n) is 11.9. The molecular formula is C12H20N4O3S2. The Morgan fingerprint density at radius 2 is 2.14 bits per heavy atom. The Morgan fingerprint density at radius 3 is 2.76 bits per heavy atom. The lowest BCUT2D eigenvalue weighted by Crippen LogP contribution is -2.29. The summed E-state index contributed by atoms with van der Waals surface area (Å²) in [7, 11) is -3.41. The molecule has 0 aromatic carbocycles. The van der Waals surface area contributed by atoms with Crippen LogP contribution >= 0.6 is 11.5 Å². The minimum absolute atomic E-state index is 0.0398. The summed E-state index contributed by atoms with van der Waals surface area (Å²) in [6.07, 6.45) is 2.45. The molecule has 1 aliphatic rings. The number of aromatic nitrogens is 1. The molecule has 0 unspecified atom stereocenters. The van der Waals surface area contributed by atoms with Gasteiger partial charge in [0.05, 0.1) is 5.75 Å². The standard InChI is InChI=1S/C12H20N4O3S2/c1-2-7-21(18,19)9-10(13)16-20-12(9)15-6-5-14-11(17)8-3-4-8/h8,15H,2-7H2,1H3,(H2,13,16)(H,14,17). The predicted molar refractivity (Wildman–Crippen MR) is 83.1 cm³/mol. The second-order valence-corrected chi connectivity index (χ2v) is 7.86. The average Bonchev–Trinajstić information content (AvgIpc) is 3.18. The van der Waals surface area contributed by atoms with E-state index < -0.39 is 9.84 Å². The number of amides is 1. The van der Waals surface area contributed by atoms with Gasteiger partial charge in [-0.05, 0) is 30.8 Å². The van der Waals surface area contributed by atoms with Crippen LogP contribution in [0.15, 0.2) is 4.90 Å². The summed E-state index contributed by atoms with van der Waals surface area (Å²) < 4.78 is 28.2. The molecule has 2 rings (SSSR count). The minimum Gasteiger partial charge on any atom is -0.382 e. The van der Waals surface area contributed by atoms with Crippen molar-refractivity contribution in [3.8, 4) is 0 Å². The van der Waals surface area contributed by atoms with E-state index in [0.29, 0.717) is 24.5 Å². The highest BCUT2D eigenvalue weighted by molar-refractivity contribution is 7.91. The number of nitrogen functional groups attached to an aromatic ring is 1. The second-order valence-electron chi connectivity index (χ2n) is 5.04. The Morgan fingerprint density at radius 1 is 1.43 bits per heavy atom. The van der Waals surface area contributed by atoms with Gasteiger partial charge in [0, 0.05) is 19.0 Å². The number of nitrogens with one attached hydrogen (secondary N) is 2. The summed E-state index contributed by atoms with van der Waals surface area (Å²) in [5.41, 5.74) is 5.67. The molecule has 0 atom stereocenters. The van der Waals surface area contributed by atoms with Gasteiger partial charge in [0.2, 0.25) is 5.91 Å². The number of nitrogens with two attached hydrogens (primary N) is 1. The van der Waals surface area contributed by atoms with E-state index in [9.17, 15) is 13.2 Å². The van der Waals surface area contributed by atoms with E-state index in [-0.39, 0.29) is 28.3 Å². The van der Waals surface area contributed by atoms with Crippen LogP contribution in [0.1, 0.15) is 26.2 Å². The lowest BCUT2D eigenvalue weighted by Gasteiger charge is -2.08. The molecule has 1 aromatic heterocycles. The summed E-state index contributed by atoms with van der Waals surface area (Å²) in [4.78, 5) is 11.6. The number of hydrogen-bond acceptors (Lipinski definition) is 7. The molecule has 21 heavy (non-hydrogen) atoms. The number of sulfone groups is 1. The highest BCUT2D eigenvalue weighted by Crippen LogP contribution is 2.32. The first-order chi connectivity index (χ1) is 9.95. The predicted octanol–water partition coefficient (Wildman–Crippen LogP) is 0.847. The van der Waals surface area contributed by atoms with Gasteiger partial charge < -0.3 is 16.4 Å². The Labute approximate surface area is 128 Å². The molecule has 4 N–H and O–H groups in total. The SMILES string of the molecule is CCCS(=O)(=O)c1c(N)nsc1NCCNC(=O)C1CC1. The first-order valence-electron chi connectivity index (χ1n) is 6.95. The van der Waals surface area contributed by atoms with E-state index in [2.05, 4.69) is 15.0 Å². The lowest BCUT2D eigenvalue weighted by atomic mass is 10.4. The number of hydrogen-bond donors (Lipinski definition) is 3. The molecule has 1 heterocycles. The maximum absolute atomic E-state index is 12.2. The van der Waals surface area contributed by atoms with Crippen molar-refractivity contribution in [2.75, 3.05) is 29.9 Å². The molecule has 118 valence electrons. The van der Waals surface area contributed by atoms with Crippen LogP contribution in [0.2, 0.25) is 0 Å². The highest BCUT2D eigenvalue weighted by atomic mass is 32.2. The quantitative estimate of drug-likeness (QED) is 0.608. The largest absolute Gasteiger partial charge is 0.382 e. The number of carbonyl (C=O) groups is 1. The molecule has 0 radical (unpaired) electrons. The number of carbonyl (C=O) groups excluding carboxylic acids is 1. The van der Waals surface area contributed by atoms with Crippen molar-refractivity contribution >= 4 is 38.1 Å². The van der Waals surface area contributed by atoms with Crippen LogP contribution in [0.4, 0.5) is 10.8 Å². The van der Waals surface area contributed by atoms with Crippen LogP contribution in [0.5, 0.6) is 0 Å². The second kappa shape index (κ2) is 6.61. The molecule has 7 nitrogen and oxygen atoms in total. The fourth-order valence-corrected chi connectivity index (χ4v) is 4.58. The van der Waals surface area contributed by atoms with E-state index in [1.54, 1.807) is 6.92 Å². The molecule has 1 aliphatic carbocycles. The molecule has 1 amide bonds. The van der Waals surface area contributed by atoms with Crippen LogP contribution in [0.3, 0.4) is 0 Å². The maximum atomic E-state index is 12.2. The first-order valence-corrected chi connectivity index (χ1v) is 9.37. The van der Waals surface area contributed by atoms with Gasteiger partial charge in [-0.2, -0.15) is 4.37 Å². The molecule has 1 aromatic rings. The highest BCUT2D eigenvalue weighted by Gasteiger charge is 2.29. The van der Waals surface area contributed by atoms with Crippen molar-refractivity contribution in [2.45, 2.75) is 31.1 Å². The number of nitrogens with zero attached hydrogens (tertiary/aromatic N) is 1. The van der Waals surface area contributed by atoms with Gasteiger partial charge in [-0.25, -0.2) is 8.42 Å². The number of anilines is 2. The van der Waals surface area contributed by atoms with Crippen molar-refractivity contribution in [1.29, 1.82) is 0 Å². The van der Waals surface area contributed by atoms with E-state index >= 15 is 0 Å². The van der Waals surface area contributed by atoms with Crippen molar-refractivity contribution in [3.63, 3.8) is 0 Å². The van der Waals surface area contributed by atoms with Crippen molar-refractivity contribution in [2.24, 2.45) is 5.92 Å². The molecular weight excluding hydrogens is 312 g/mol. The van der Waals surface area contributed by atoms with Crippen LogP contribution in [-0.2, 0) is 14.6 Å². The summed E-state index contributed by atoms with van der Waals surface area (Å²) in [6, 6.07) is 0. The summed E-state index contributed by atoms with van der Waals surface area (Å²) in [5.74, 6) is 0.324. The molecule has 1 fully saturated rings. The van der Waals surface area contributed by atoms with E-state index in [1.807, 2.05) is 0 Å². The normalized spacial score (nSPS) is 14.9. The Balaban J connectivity index is 1.92. The third-order valence-electron chi connectivity index (χ3n) is 3.12. The maximum Gasteiger partial charge on any atom is 0.223 e. The molecule has 0 saturated heterocycles. The zero-order chi connectivity index (χ0) is 15.5. The van der Waals surface area contributed by atoms with Crippen LogP contribution in [0.25, 0.3) is 0 Å². The monoisotopic (exact) mass is 332 g/mol. The topological polar surface area (TPSA) is 114 Å². The van der Waals surface area contributed by atoms with Crippen molar-refractivity contribution in [3.05, 3.63) is 0 Å². The van der Waals surface area contributed by atoms with Gasteiger partial charge in [0.15, 0.2) is 15.7 Å². The molecule has 0 aliphatic heterocycles. The van der Waals surface area contributed by atoms with Gasteiger partial charge in [-0.3, -0.25) is 4.79 Å². The van der Waals surface area contributed by atoms with Crippen molar-refractivity contribution < 1.29 is 13.2 Å². The lowest BCUT2D eigenvalue weighted by molar-refractivity contribution is -0.122. The zero-order valence-corrected chi connectivity index (χ0v) is 13.5. The van der Waals surface area contributed by atoms with E-state index in [4.69, 9.17) is 5.73 Å². The summed E-state index contributed by atoms with van der Waals surface area (Å²) in [6.45, 7) is 2.68. The Hall–Kier alpha value is -1.35. The van der Waals surface area contributed by atoms with E-state index in [1.165, 1.54) is 0 Å². The third-order valence-corrected chi connectivity index (χ3v) is 6.05. The van der Waals surface area contributed by atoms with Gasteiger partial charge in [-0.1, -0.05) is 6.92 Å². The van der Waals surface area contributed by atoms with E-state index in [0.717, 1.165) is 24.4 Å². The Kier molecular flexibility index (Phi) is 5.04. The fourth-order valence-electron chi connectivity index (χ4n) is 1.93. The summed E-state index contributed by atoms with van der Waals surface area (Å²) >= 11 is 1.03. The van der Waals surface area contributed by atoms with Crippen LogP contribution in [-0.4, -0.2) is 37.5 Å². The summed E-state index contributed by atoms with van der Waals surface area (Å²) in [5, 5.41) is 6.25. The smallest absolute Gasteiger partial charge is 0.223 e. The van der Waals surface area contributed by atoms with Crippen LogP contribution < -0.4 is 16.4 Å². The molecule has 1 saturated carbocycles. The average molecular weight is 332 g/mol.